The van der Waals surface area contributed by atoms with Crippen LogP contribution >= 0.6 is 23.4 Å². The summed E-state index contributed by atoms with van der Waals surface area (Å²) in [5.41, 5.74) is 0.820. The van der Waals surface area contributed by atoms with Crippen molar-refractivity contribution in [1.82, 2.24) is 0 Å². The zero-order chi connectivity index (χ0) is 23.3. The summed E-state index contributed by atoms with van der Waals surface area (Å²) in [4.78, 5) is 18.2. The quantitative estimate of drug-likeness (QED) is 0.617. The van der Waals surface area contributed by atoms with Crippen LogP contribution in [0, 0.1) is 6.92 Å². The molecule has 2 aromatic rings. The highest BCUT2D eigenvalue weighted by Gasteiger charge is 2.49. The molecule has 2 atom stereocenters. The normalized spacial score (nSPS) is 23.5. The summed E-state index contributed by atoms with van der Waals surface area (Å²) in [6.45, 7) is 1.90. The molecule has 0 unspecified atom stereocenters. The number of aliphatic imine (C=N–C) groups is 1. The molecule has 32 heavy (non-hydrogen) atoms. The van der Waals surface area contributed by atoms with Crippen LogP contribution in [0.5, 0.6) is 0 Å². The van der Waals surface area contributed by atoms with Crippen molar-refractivity contribution < 1.29 is 26.4 Å². The topological polar surface area (TPSA) is 66.8 Å². The maximum atomic E-state index is 13.4. The SMILES string of the molecule is Cc1cccc(CC(=O)N=C2S[C@H]3CS(=O)(=O)C[C@@H]3N2c2ccc(Cl)c(C(F)(F)F)c2)c1. The molecule has 2 fully saturated rings. The lowest BCUT2D eigenvalue weighted by Crippen LogP contribution is -2.38. The number of aryl methyl sites for hydroxylation is 1. The minimum absolute atomic E-state index is 0.0294. The maximum absolute atomic E-state index is 13.4. The number of hydrogen-bond acceptors (Lipinski definition) is 4. The van der Waals surface area contributed by atoms with Crippen LogP contribution in [0.25, 0.3) is 0 Å². The van der Waals surface area contributed by atoms with Crippen molar-refractivity contribution in [2.24, 2.45) is 4.99 Å². The Hall–Kier alpha value is -2.04. The number of benzene rings is 2. The fourth-order valence-electron chi connectivity index (χ4n) is 3.89. The Balaban J connectivity index is 1.71. The van der Waals surface area contributed by atoms with Gasteiger partial charge in [-0.2, -0.15) is 18.2 Å². The fourth-order valence-corrected chi connectivity index (χ4v) is 8.05. The molecule has 0 N–H and O–H groups in total. The minimum Gasteiger partial charge on any atom is -0.316 e. The summed E-state index contributed by atoms with van der Waals surface area (Å²) in [7, 11) is -3.35. The number of alkyl halides is 3. The first-order chi connectivity index (χ1) is 14.9. The van der Waals surface area contributed by atoms with E-state index in [0.29, 0.717) is 0 Å². The van der Waals surface area contributed by atoms with E-state index in [2.05, 4.69) is 4.99 Å². The van der Waals surface area contributed by atoms with E-state index in [0.717, 1.165) is 35.0 Å². The van der Waals surface area contributed by atoms with Gasteiger partial charge >= 0.3 is 6.18 Å². The molecule has 2 aliphatic rings. The number of nitrogens with zero attached hydrogens (tertiary/aromatic N) is 2. The predicted molar refractivity (Wildman–Crippen MR) is 120 cm³/mol. The molecule has 0 aromatic heterocycles. The number of halogens is 4. The van der Waals surface area contributed by atoms with Gasteiger partial charge in [-0.3, -0.25) is 4.79 Å². The van der Waals surface area contributed by atoms with Gasteiger partial charge in [0.1, 0.15) is 0 Å². The van der Waals surface area contributed by atoms with E-state index in [9.17, 15) is 26.4 Å². The lowest BCUT2D eigenvalue weighted by atomic mass is 10.1. The lowest BCUT2D eigenvalue weighted by molar-refractivity contribution is -0.137. The predicted octanol–water partition coefficient (Wildman–Crippen LogP) is 4.51. The van der Waals surface area contributed by atoms with Crippen molar-refractivity contribution in [1.29, 1.82) is 0 Å². The first-order valence-electron chi connectivity index (χ1n) is 9.63. The number of amidine groups is 1. The molecule has 2 heterocycles. The molecular formula is C21H18ClF3N2O3S2. The van der Waals surface area contributed by atoms with Crippen molar-refractivity contribution in [2.75, 3.05) is 16.4 Å². The Morgan fingerprint density at radius 1 is 1.22 bits per heavy atom. The van der Waals surface area contributed by atoms with E-state index in [-0.39, 0.29) is 28.8 Å². The highest BCUT2D eigenvalue weighted by atomic mass is 35.5. The third-order valence-corrected chi connectivity index (χ3v) is 8.80. The number of rotatable bonds is 3. The van der Waals surface area contributed by atoms with E-state index < -0.39 is 43.8 Å². The van der Waals surface area contributed by atoms with Gasteiger partial charge in [-0.25, -0.2) is 8.42 Å². The van der Waals surface area contributed by atoms with Crippen LogP contribution in [0.4, 0.5) is 18.9 Å². The van der Waals surface area contributed by atoms with Gasteiger partial charge < -0.3 is 4.90 Å². The molecule has 0 radical (unpaired) electrons. The van der Waals surface area contributed by atoms with E-state index in [1.54, 1.807) is 6.07 Å². The molecule has 0 spiro atoms. The number of fused-ring (bicyclic) bond motifs is 1. The minimum atomic E-state index is -4.68. The summed E-state index contributed by atoms with van der Waals surface area (Å²) in [5, 5.41) is -0.684. The van der Waals surface area contributed by atoms with Crippen LogP contribution in [-0.4, -0.2) is 42.3 Å². The highest BCUT2D eigenvalue weighted by Crippen LogP contribution is 2.43. The van der Waals surface area contributed by atoms with Gasteiger partial charge in [0, 0.05) is 10.9 Å². The van der Waals surface area contributed by atoms with Gasteiger partial charge in [0.15, 0.2) is 15.0 Å². The standard InChI is InChI=1S/C21H18ClF3N2O3S2/c1-12-3-2-4-13(7-12)8-19(28)26-20-27(17-10-32(29,30)11-18(17)31-20)14-5-6-16(22)15(9-14)21(23,24)25/h2-7,9,17-18H,8,10-11H2,1H3/t17-,18-/m0/s1. The molecule has 0 bridgehead atoms. The number of sulfone groups is 1. The molecule has 2 aromatic carbocycles. The van der Waals surface area contributed by atoms with Crippen LogP contribution in [0.3, 0.4) is 0 Å². The molecule has 0 saturated carbocycles. The second-order valence-corrected chi connectivity index (χ2v) is 11.6. The number of hydrogen-bond donors (Lipinski definition) is 0. The van der Waals surface area contributed by atoms with E-state index in [1.165, 1.54) is 11.0 Å². The summed E-state index contributed by atoms with van der Waals surface area (Å²) < 4.78 is 64.5. The molecule has 4 rings (SSSR count). The van der Waals surface area contributed by atoms with Gasteiger partial charge in [0.2, 0.25) is 0 Å². The van der Waals surface area contributed by atoms with Crippen LogP contribution in [-0.2, 0) is 27.2 Å². The molecule has 5 nitrogen and oxygen atoms in total. The fraction of sp³-hybridized carbons (Fsp3) is 0.333. The number of anilines is 1. The zero-order valence-electron chi connectivity index (χ0n) is 16.8. The zero-order valence-corrected chi connectivity index (χ0v) is 19.2. The van der Waals surface area contributed by atoms with Gasteiger partial charge in [0.25, 0.3) is 5.91 Å². The molecule has 2 aliphatic heterocycles. The lowest BCUT2D eigenvalue weighted by Gasteiger charge is -2.25. The van der Waals surface area contributed by atoms with E-state index in [4.69, 9.17) is 11.6 Å². The Morgan fingerprint density at radius 3 is 2.66 bits per heavy atom. The Bertz CT molecular complexity index is 1220. The van der Waals surface area contributed by atoms with Crippen LogP contribution in [0.2, 0.25) is 5.02 Å². The third kappa shape index (κ3) is 4.82. The average molecular weight is 503 g/mol. The van der Waals surface area contributed by atoms with Gasteiger partial charge in [0.05, 0.1) is 34.6 Å². The van der Waals surface area contributed by atoms with Crippen molar-refractivity contribution in [3.05, 3.63) is 64.2 Å². The number of thioether (sulfide) groups is 1. The van der Waals surface area contributed by atoms with Crippen LogP contribution < -0.4 is 4.90 Å². The van der Waals surface area contributed by atoms with Crippen molar-refractivity contribution in [2.45, 2.75) is 30.8 Å². The number of amides is 1. The maximum Gasteiger partial charge on any atom is 0.417 e. The van der Waals surface area contributed by atoms with Crippen molar-refractivity contribution in [3.8, 4) is 0 Å². The van der Waals surface area contributed by atoms with Gasteiger partial charge in [-0.05, 0) is 30.7 Å². The molecule has 2 saturated heterocycles. The van der Waals surface area contributed by atoms with E-state index in [1.807, 2.05) is 25.1 Å². The van der Waals surface area contributed by atoms with E-state index >= 15 is 0 Å². The van der Waals surface area contributed by atoms with Crippen LogP contribution in [0.15, 0.2) is 47.5 Å². The highest BCUT2D eigenvalue weighted by molar-refractivity contribution is 8.16. The number of carbonyl (C=O) groups is 1. The molecule has 0 aliphatic carbocycles. The first-order valence-corrected chi connectivity index (χ1v) is 12.7. The van der Waals surface area contributed by atoms with Crippen molar-refractivity contribution in [3.63, 3.8) is 0 Å². The first kappa shape index (κ1) is 23.1. The Labute approximate surface area is 192 Å². The smallest absolute Gasteiger partial charge is 0.316 e. The molecule has 11 heteroatoms. The van der Waals surface area contributed by atoms with Gasteiger partial charge in [-0.1, -0.05) is 53.2 Å². The third-order valence-electron chi connectivity index (χ3n) is 5.26. The summed E-state index contributed by atoms with van der Waals surface area (Å²) in [5.74, 6) is -0.806. The molecule has 1 amide bonds. The molecular weight excluding hydrogens is 485 g/mol. The Kier molecular flexibility index (Phi) is 6.06. The van der Waals surface area contributed by atoms with Crippen molar-refractivity contribution >= 4 is 50.0 Å². The number of carbonyl (C=O) groups excluding carboxylic acids is 1. The monoisotopic (exact) mass is 502 g/mol. The van der Waals surface area contributed by atoms with Gasteiger partial charge in [-0.15, -0.1) is 0 Å². The summed E-state index contributed by atoms with van der Waals surface area (Å²) in [6, 6.07) is 10.1. The summed E-state index contributed by atoms with van der Waals surface area (Å²) in [6.07, 6.45) is -4.65. The molecule has 170 valence electrons. The second-order valence-electron chi connectivity index (χ2n) is 7.79. The Morgan fingerprint density at radius 2 is 1.97 bits per heavy atom. The largest absolute Gasteiger partial charge is 0.417 e. The van der Waals surface area contributed by atoms with Crippen LogP contribution in [0.1, 0.15) is 16.7 Å². The summed E-state index contributed by atoms with van der Waals surface area (Å²) >= 11 is 6.85. The second kappa shape index (κ2) is 8.39. The average Bonchev–Trinajstić information content (AvgIpc) is 3.12.